The van der Waals surface area contributed by atoms with Crippen molar-refractivity contribution in [2.24, 2.45) is 0 Å². The van der Waals surface area contributed by atoms with Gasteiger partial charge >= 0.3 is 0 Å². The van der Waals surface area contributed by atoms with Crippen molar-refractivity contribution in [2.75, 3.05) is 4.90 Å². The first-order chi connectivity index (χ1) is 21.3. The zero-order chi connectivity index (χ0) is 28.3. The lowest BCUT2D eigenvalue weighted by atomic mass is 10.0. The fourth-order valence-electron chi connectivity index (χ4n) is 6.45. The number of nitrogens with zero attached hydrogens (tertiary/aromatic N) is 1. The van der Waals surface area contributed by atoms with Crippen LogP contribution in [-0.2, 0) is 0 Å². The van der Waals surface area contributed by atoms with E-state index in [0.29, 0.717) is 0 Å². The van der Waals surface area contributed by atoms with E-state index in [0.717, 1.165) is 33.6 Å². The number of anilines is 3. The van der Waals surface area contributed by atoms with Crippen LogP contribution in [0.2, 0.25) is 0 Å². The summed E-state index contributed by atoms with van der Waals surface area (Å²) in [5.41, 5.74) is 7.55. The summed E-state index contributed by atoms with van der Waals surface area (Å²) in [5.74, 6) is 0. The molecule has 0 saturated carbocycles. The Balaban J connectivity index is 1.27. The molecule has 43 heavy (non-hydrogen) atoms. The predicted molar refractivity (Wildman–Crippen MR) is 184 cm³/mol. The highest BCUT2D eigenvalue weighted by Crippen LogP contribution is 2.46. The maximum atomic E-state index is 6.46. The summed E-state index contributed by atoms with van der Waals surface area (Å²) in [7, 11) is 0. The van der Waals surface area contributed by atoms with Gasteiger partial charge in [0, 0.05) is 48.0 Å². The number of hydrogen-bond acceptors (Lipinski definition) is 3. The fraction of sp³-hybridized carbons (Fsp3) is 0. The van der Waals surface area contributed by atoms with Crippen LogP contribution >= 0.6 is 11.3 Å². The van der Waals surface area contributed by atoms with Gasteiger partial charge in [-0.15, -0.1) is 11.3 Å². The first-order valence-corrected chi connectivity index (χ1v) is 15.3. The van der Waals surface area contributed by atoms with Crippen LogP contribution in [-0.4, -0.2) is 0 Å². The SMILES string of the molecule is c1ccc(-c2ccc(N(c3ccccc3)c3ccc4oc5ccc6sc7c8ccccc8ccc7c6c5c4c3)cc2)cc1. The molecule has 0 bridgehead atoms. The molecule has 7 aromatic carbocycles. The molecule has 0 N–H and O–H groups in total. The number of hydrogen-bond donors (Lipinski definition) is 0. The molecule has 2 heterocycles. The molecule has 0 radical (unpaired) electrons. The van der Waals surface area contributed by atoms with Crippen LogP contribution in [0.25, 0.3) is 64.0 Å². The van der Waals surface area contributed by atoms with Crippen molar-refractivity contribution < 1.29 is 4.42 Å². The smallest absolute Gasteiger partial charge is 0.136 e. The molecule has 0 amide bonds. The molecule has 0 atom stereocenters. The number of benzene rings is 7. The lowest BCUT2D eigenvalue weighted by molar-refractivity contribution is 0.669. The van der Waals surface area contributed by atoms with E-state index in [1.54, 1.807) is 0 Å². The Morgan fingerprint density at radius 2 is 1.12 bits per heavy atom. The topological polar surface area (TPSA) is 16.4 Å². The van der Waals surface area contributed by atoms with Crippen LogP contribution in [0.4, 0.5) is 17.1 Å². The lowest BCUT2D eigenvalue weighted by Gasteiger charge is -2.25. The summed E-state index contributed by atoms with van der Waals surface area (Å²) in [6, 6.07) is 54.1. The van der Waals surface area contributed by atoms with Crippen LogP contribution in [0, 0.1) is 0 Å². The minimum Gasteiger partial charge on any atom is -0.456 e. The molecular weight excluding hydrogens is 543 g/mol. The first kappa shape index (κ1) is 24.2. The van der Waals surface area contributed by atoms with Gasteiger partial charge in [0.15, 0.2) is 0 Å². The minimum atomic E-state index is 0.902. The third-order valence-corrected chi connectivity index (χ3v) is 9.65. The quantitative estimate of drug-likeness (QED) is 0.210. The molecule has 2 nitrogen and oxygen atoms in total. The lowest BCUT2D eigenvalue weighted by Crippen LogP contribution is -2.09. The Labute approximate surface area is 252 Å². The Morgan fingerprint density at radius 1 is 0.442 bits per heavy atom. The molecule has 0 aliphatic carbocycles. The highest BCUT2D eigenvalue weighted by molar-refractivity contribution is 7.27. The average Bonchev–Trinajstić information content (AvgIpc) is 3.64. The van der Waals surface area contributed by atoms with Gasteiger partial charge in [-0.05, 0) is 76.5 Å². The fourth-order valence-corrected chi connectivity index (χ4v) is 7.69. The zero-order valence-corrected chi connectivity index (χ0v) is 24.0. The van der Waals surface area contributed by atoms with Crippen LogP contribution in [0.5, 0.6) is 0 Å². The molecule has 202 valence electrons. The van der Waals surface area contributed by atoms with E-state index in [2.05, 4.69) is 157 Å². The van der Waals surface area contributed by atoms with Crippen LogP contribution in [0.3, 0.4) is 0 Å². The summed E-state index contributed by atoms with van der Waals surface area (Å²) in [6.07, 6.45) is 0. The van der Waals surface area contributed by atoms with Crippen molar-refractivity contribution in [3.05, 3.63) is 152 Å². The van der Waals surface area contributed by atoms with Crippen LogP contribution in [0.1, 0.15) is 0 Å². The zero-order valence-electron chi connectivity index (χ0n) is 23.2. The number of para-hydroxylation sites is 1. The van der Waals surface area contributed by atoms with E-state index in [9.17, 15) is 0 Å². The molecule has 0 unspecified atom stereocenters. The molecule has 0 aliphatic rings. The molecule has 2 aromatic heterocycles. The third-order valence-electron chi connectivity index (χ3n) is 8.45. The van der Waals surface area contributed by atoms with E-state index < -0.39 is 0 Å². The normalized spacial score (nSPS) is 11.7. The van der Waals surface area contributed by atoms with Gasteiger partial charge in [0.1, 0.15) is 11.2 Å². The number of thiophene rings is 1. The molecule has 0 saturated heterocycles. The van der Waals surface area contributed by atoms with Gasteiger partial charge in [0.05, 0.1) is 0 Å². The van der Waals surface area contributed by atoms with E-state index in [1.807, 2.05) is 11.3 Å². The first-order valence-electron chi connectivity index (χ1n) is 14.5. The third kappa shape index (κ3) is 3.86. The number of fused-ring (bicyclic) bond motifs is 9. The van der Waals surface area contributed by atoms with Gasteiger partial charge in [-0.3, -0.25) is 0 Å². The molecular formula is C40H25NOS. The number of furan rings is 1. The molecule has 9 aromatic rings. The summed E-state index contributed by atoms with van der Waals surface area (Å²) in [6.45, 7) is 0. The standard InChI is InChI=1S/C40H25NOS/c1-3-9-26(10-4-1)27-15-18-30(19-16-27)41(29-12-5-2-6-13-29)31-20-22-35-34(25-31)38-36(42-35)23-24-37-39(38)33-21-17-28-11-7-8-14-32(28)40(33)43-37/h1-25H. The summed E-state index contributed by atoms with van der Waals surface area (Å²) >= 11 is 1.87. The summed E-state index contributed by atoms with van der Waals surface area (Å²) in [4.78, 5) is 2.33. The monoisotopic (exact) mass is 567 g/mol. The summed E-state index contributed by atoms with van der Waals surface area (Å²) < 4.78 is 9.07. The Kier molecular flexibility index (Phi) is 5.40. The van der Waals surface area contributed by atoms with E-state index in [4.69, 9.17) is 4.42 Å². The van der Waals surface area contributed by atoms with Crippen molar-refractivity contribution >= 4 is 81.3 Å². The second-order valence-corrected chi connectivity index (χ2v) is 12.0. The maximum absolute atomic E-state index is 6.46. The Morgan fingerprint density at radius 3 is 1.95 bits per heavy atom. The molecule has 0 spiro atoms. The van der Waals surface area contributed by atoms with Crippen molar-refractivity contribution in [3.8, 4) is 11.1 Å². The van der Waals surface area contributed by atoms with E-state index in [1.165, 1.54) is 47.5 Å². The van der Waals surface area contributed by atoms with Crippen molar-refractivity contribution in [2.45, 2.75) is 0 Å². The van der Waals surface area contributed by atoms with Crippen LogP contribution < -0.4 is 4.90 Å². The molecule has 3 heteroatoms. The van der Waals surface area contributed by atoms with Gasteiger partial charge in [0.25, 0.3) is 0 Å². The van der Waals surface area contributed by atoms with Crippen molar-refractivity contribution in [1.82, 2.24) is 0 Å². The Bertz CT molecular complexity index is 2440. The van der Waals surface area contributed by atoms with Gasteiger partial charge in [-0.2, -0.15) is 0 Å². The second-order valence-electron chi connectivity index (χ2n) is 10.9. The van der Waals surface area contributed by atoms with Gasteiger partial charge in [-0.1, -0.05) is 97.1 Å². The molecule has 0 aliphatic heterocycles. The van der Waals surface area contributed by atoms with Gasteiger partial charge in [-0.25, -0.2) is 0 Å². The highest BCUT2D eigenvalue weighted by Gasteiger charge is 2.19. The minimum absolute atomic E-state index is 0.902. The van der Waals surface area contributed by atoms with E-state index in [-0.39, 0.29) is 0 Å². The highest BCUT2D eigenvalue weighted by atomic mass is 32.1. The largest absolute Gasteiger partial charge is 0.456 e. The van der Waals surface area contributed by atoms with Crippen LogP contribution in [0.15, 0.2) is 156 Å². The Hall–Kier alpha value is -5.38. The van der Waals surface area contributed by atoms with Gasteiger partial charge < -0.3 is 9.32 Å². The van der Waals surface area contributed by atoms with Crippen molar-refractivity contribution in [3.63, 3.8) is 0 Å². The maximum Gasteiger partial charge on any atom is 0.136 e. The van der Waals surface area contributed by atoms with Crippen molar-refractivity contribution in [1.29, 1.82) is 0 Å². The average molecular weight is 568 g/mol. The van der Waals surface area contributed by atoms with E-state index >= 15 is 0 Å². The second kappa shape index (κ2) is 9.59. The van der Waals surface area contributed by atoms with Gasteiger partial charge in [0.2, 0.25) is 0 Å². The predicted octanol–water partition coefficient (Wildman–Crippen LogP) is 12.2. The molecule has 9 rings (SSSR count). The summed E-state index contributed by atoms with van der Waals surface area (Å²) in [5, 5.41) is 7.45. The molecule has 0 fully saturated rings. The number of rotatable bonds is 4.